The lowest BCUT2D eigenvalue weighted by Crippen LogP contribution is -2.31. The lowest BCUT2D eigenvalue weighted by atomic mass is 10.2. The van der Waals surface area contributed by atoms with Crippen LogP contribution in [0.15, 0.2) is 36.4 Å². The molecule has 2 rings (SSSR count). The van der Waals surface area contributed by atoms with Crippen LogP contribution in [0.1, 0.15) is 12.5 Å². The van der Waals surface area contributed by atoms with Gasteiger partial charge in [0.1, 0.15) is 17.3 Å². The Hall–Kier alpha value is -2.80. The van der Waals surface area contributed by atoms with Gasteiger partial charge in [0.05, 0.1) is 17.8 Å². The van der Waals surface area contributed by atoms with E-state index in [9.17, 15) is 14.0 Å². The van der Waals surface area contributed by atoms with Crippen molar-refractivity contribution in [1.29, 1.82) is 0 Å². The Morgan fingerprint density at radius 1 is 1.19 bits per heavy atom. The predicted molar refractivity (Wildman–Crippen MR) is 98.8 cm³/mol. The van der Waals surface area contributed by atoms with Crippen LogP contribution in [0.25, 0.3) is 0 Å². The SMILES string of the molecule is COc1ccc(C)cc1NC(=O)[C@H](C)OC(=O)COc1ccc(F)cc1Cl. The van der Waals surface area contributed by atoms with Crippen LogP contribution in [0.3, 0.4) is 0 Å². The molecule has 1 amide bonds. The molecule has 2 aromatic carbocycles. The second kappa shape index (κ2) is 9.23. The molecule has 0 spiro atoms. The van der Waals surface area contributed by atoms with E-state index in [-0.39, 0.29) is 10.8 Å². The van der Waals surface area contributed by atoms with E-state index in [0.717, 1.165) is 17.7 Å². The van der Waals surface area contributed by atoms with Crippen molar-refractivity contribution in [3.8, 4) is 11.5 Å². The van der Waals surface area contributed by atoms with Crippen molar-refractivity contribution < 1.29 is 28.2 Å². The third kappa shape index (κ3) is 5.86. The first kappa shape index (κ1) is 20.5. The van der Waals surface area contributed by atoms with Crippen LogP contribution in [0.2, 0.25) is 5.02 Å². The second-order valence-electron chi connectivity index (χ2n) is 5.69. The first-order valence-corrected chi connectivity index (χ1v) is 8.40. The zero-order valence-electron chi connectivity index (χ0n) is 15.0. The van der Waals surface area contributed by atoms with Crippen LogP contribution in [0, 0.1) is 12.7 Å². The maximum atomic E-state index is 13.0. The number of hydrogen-bond acceptors (Lipinski definition) is 5. The average molecular weight is 396 g/mol. The van der Waals surface area contributed by atoms with E-state index in [1.165, 1.54) is 20.1 Å². The quantitative estimate of drug-likeness (QED) is 0.723. The van der Waals surface area contributed by atoms with E-state index in [0.29, 0.717) is 11.4 Å². The van der Waals surface area contributed by atoms with Gasteiger partial charge in [0.2, 0.25) is 0 Å². The Morgan fingerprint density at radius 3 is 2.56 bits per heavy atom. The smallest absolute Gasteiger partial charge is 0.344 e. The van der Waals surface area contributed by atoms with Crippen LogP contribution in [-0.2, 0) is 14.3 Å². The van der Waals surface area contributed by atoms with Crippen molar-refractivity contribution in [3.63, 3.8) is 0 Å². The summed E-state index contributed by atoms with van der Waals surface area (Å²) in [7, 11) is 1.49. The standard InChI is InChI=1S/C19H19ClFNO5/c1-11-4-6-17(25-3)15(8-11)22-19(24)12(2)27-18(23)10-26-16-7-5-13(21)9-14(16)20/h4-9,12H,10H2,1-3H3,(H,22,24)/t12-/m0/s1. The number of carbonyl (C=O) groups is 2. The number of anilines is 1. The van der Waals surface area contributed by atoms with Crippen LogP contribution in [0.5, 0.6) is 11.5 Å². The highest BCUT2D eigenvalue weighted by Gasteiger charge is 2.20. The van der Waals surface area contributed by atoms with Crippen molar-refractivity contribution >= 4 is 29.2 Å². The molecule has 0 radical (unpaired) electrons. The molecule has 27 heavy (non-hydrogen) atoms. The van der Waals surface area contributed by atoms with Gasteiger partial charge in [-0.15, -0.1) is 0 Å². The number of hydrogen-bond donors (Lipinski definition) is 1. The van der Waals surface area contributed by atoms with Gasteiger partial charge >= 0.3 is 5.97 Å². The molecule has 0 aliphatic heterocycles. The molecule has 0 aliphatic carbocycles. The van der Waals surface area contributed by atoms with Gasteiger partial charge in [-0.05, 0) is 49.7 Å². The fourth-order valence-corrected chi connectivity index (χ4v) is 2.39. The van der Waals surface area contributed by atoms with Gasteiger partial charge in [-0.2, -0.15) is 0 Å². The van der Waals surface area contributed by atoms with E-state index in [1.807, 2.05) is 13.0 Å². The van der Waals surface area contributed by atoms with Gasteiger partial charge in [0.15, 0.2) is 12.7 Å². The molecular formula is C19H19ClFNO5. The van der Waals surface area contributed by atoms with Crippen molar-refractivity contribution in [3.05, 3.63) is 52.8 Å². The van der Waals surface area contributed by atoms with Crippen molar-refractivity contribution in [1.82, 2.24) is 0 Å². The fraction of sp³-hybridized carbons (Fsp3) is 0.263. The zero-order chi connectivity index (χ0) is 20.0. The Kier molecular flexibility index (Phi) is 7.01. The maximum absolute atomic E-state index is 13.0. The number of methoxy groups -OCH3 is 1. The van der Waals surface area contributed by atoms with Gasteiger partial charge in [-0.3, -0.25) is 4.79 Å². The summed E-state index contributed by atoms with van der Waals surface area (Å²) in [6, 6.07) is 8.82. The van der Waals surface area contributed by atoms with E-state index < -0.39 is 30.4 Å². The lowest BCUT2D eigenvalue weighted by molar-refractivity contribution is -0.155. The number of amides is 1. The second-order valence-corrected chi connectivity index (χ2v) is 6.10. The molecule has 6 nitrogen and oxygen atoms in total. The van der Waals surface area contributed by atoms with Crippen LogP contribution >= 0.6 is 11.6 Å². The number of ether oxygens (including phenoxy) is 3. The minimum Gasteiger partial charge on any atom is -0.495 e. The normalized spacial score (nSPS) is 11.4. The topological polar surface area (TPSA) is 73.9 Å². The number of aryl methyl sites for hydroxylation is 1. The Morgan fingerprint density at radius 2 is 1.89 bits per heavy atom. The molecule has 144 valence electrons. The first-order valence-electron chi connectivity index (χ1n) is 8.03. The molecule has 0 heterocycles. The van der Waals surface area contributed by atoms with Crippen LogP contribution < -0.4 is 14.8 Å². The molecule has 0 saturated carbocycles. The van der Waals surface area contributed by atoms with Gasteiger partial charge in [-0.25, -0.2) is 9.18 Å². The molecule has 0 aliphatic rings. The number of carbonyl (C=O) groups excluding carboxylic acids is 2. The van der Waals surface area contributed by atoms with E-state index in [2.05, 4.69) is 5.32 Å². The number of esters is 1. The Labute approximate surface area is 161 Å². The fourth-order valence-electron chi connectivity index (χ4n) is 2.17. The molecule has 0 fully saturated rings. The molecule has 0 unspecified atom stereocenters. The highest BCUT2D eigenvalue weighted by Crippen LogP contribution is 2.26. The lowest BCUT2D eigenvalue weighted by Gasteiger charge is -2.16. The van der Waals surface area contributed by atoms with Crippen LogP contribution in [0.4, 0.5) is 10.1 Å². The minimum atomic E-state index is -1.06. The highest BCUT2D eigenvalue weighted by molar-refractivity contribution is 6.32. The molecule has 1 N–H and O–H groups in total. The summed E-state index contributed by atoms with van der Waals surface area (Å²) in [5.41, 5.74) is 1.40. The summed E-state index contributed by atoms with van der Waals surface area (Å²) in [5.74, 6) is -1.19. The molecule has 0 aromatic heterocycles. The van der Waals surface area contributed by atoms with Crippen molar-refractivity contribution in [2.45, 2.75) is 20.0 Å². The summed E-state index contributed by atoms with van der Waals surface area (Å²) in [6.45, 7) is 2.83. The maximum Gasteiger partial charge on any atom is 0.344 e. The Bertz CT molecular complexity index is 843. The van der Waals surface area contributed by atoms with Gasteiger partial charge in [-0.1, -0.05) is 17.7 Å². The Balaban J connectivity index is 1.90. The summed E-state index contributed by atoms with van der Waals surface area (Å²) in [5, 5.41) is 2.68. The molecular weight excluding hydrogens is 377 g/mol. The number of benzene rings is 2. The third-order valence-corrected chi connectivity index (χ3v) is 3.83. The number of nitrogens with one attached hydrogen (secondary N) is 1. The van der Waals surface area contributed by atoms with Crippen molar-refractivity contribution in [2.24, 2.45) is 0 Å². The monoisotopic (exact) mass is 395 g/mol. The summed E-state index contributed by atoms with van der Waals surface area (Å²) < 4.78 is 28.4. The summed E-state index contributed by atoms with van der Waals surface area (Å²) >= 11 is 5.81. The van der Waals surface area contributed by atoms with E-state index >= 15 is 0 Å². The molecule has 2 aromatic rings. The van der Waals surface area contributed by atoms with Gasteiger partial charge in [0.25, 0.3) is 5.91 Å². The molecule has 8 heteroatoms. The molecule has 0 saturated heterocycles. The first-order chi connectivity index (χ1) is 12.8. The summed E-state index contributed by atoms with van der Waals surface area (Å²) in [6.07, 6.45) is -1.06. The van der Waals surface area contributed by atoms with Gasteiger partial charge < -0.3 is 19.5 Å². The zero-order valence-corrected chi connectivity index (χ0v) is 15.8. The van der Waals surface area contributed by atoms with E-state index in [1.54, 1.807) is 12.1 Å². The highest BCUT2D eigenvalue weighted by atomic mass is 35.5. The van der Waals surface area contributed by atoms with Crippen molar-refractivity contribution in [2.75, 3.05) is 19.0 Å². The molecule has 1 atom stereocenters. The largest absolute Gasteiger partial charge is 0.495 e. The predicted octanol–water partition coefficient (Wildman–Crippen LogP) is 3.75. The number of rotatable bonds is 7. The summed E-state index contributed by atoms with van der Waals surface area (Å²) in [4.78, 5) is 24.1. The number of halogens is 2. The third-order valence-electron chi connectivity index (χ3n) is 3.53. The molecule has 0 bridgehead atoms. The minimum absolute atomic E-state index is 0.0279. The van der Waals surface area contributed by atoms with E-state index in [4.69, 9.17) is 25.8 Å². The average Bonchev–Trinajstić information content (AvgIpc) is 2.61. The van der Waals surface area contributed by atoms with Crippen LogP contribution in [-0.4, -0.2) is 31.7 Å². The van der Waals surface area contributed by atoms with Gasteiger partial charge in [0, 0.05) is 0 Å².